The molecule has 0 N–H and O–H groups in total. The third-order valence-electron chi connectivity index (χ3n) is 3.03. The minimum atomic E-state index is -0.281. The van der Waals surface area contributed by atoms with Gasteiger partial charge in [0.05, 0.1) is 17.3 Å². The molecule has 0 radical (unpaired) electrons. The van der Waals surface area contributed by atoms with Crippen LogP contribution < -0.4 is 0 Å². The first-order valence-corrected chi connectivity index (χ1v) is 8.05. The molecule has 1 aliphatic heterocycles. The van der Waals surface area contributed by atoms with E-state index in [-0.39, 0.29) is 17.6 Å². The number of alkyl halides is 1. The lowest BCUT2D eigenvalue weighted by Crippen LogP contribution is -2.55. The molecule has 0 saturated carbocycles. The number of morpholine rings is 1. The van der Waals surface area contributed by atoms with E-state index in [1.165, 1.54) is 0 Å². The number of ether oxygens (including phenoxy) is 1. The van der Waals surface area contributed by atoms with E-state index in [9.17, 15) is 4.79 Å². The Bertz CT molecular complexity index is 444. The van der Waals surface area contributed by atoms with Crippen LogP contribution in [0.1, 0.15) is 29.8 Å². The van der Waals surface area contributed by atoms with Crippen LogP contribution in [-0.2, 0) is 4.74 Å². The van der Waals surface area contributed by atoms with Crippen LogP contribution in [0.4, 0.5) is 0 Å². The van der Waals surface area contributed by atoms with Crippen molar-refractivity contribution in [3.8, 4) is 0 Å². The Balaban J connectivity index is 2.17. The van der Waals surface area contributed by atoms with Gasteiger partial charge in [0.2, 0.25) is 0 Å². The van der Waals surface area contributed by atoms with Crippen molar-refractivity contribution in [3.05, 3.63) is 21.9 Å². The highest BCUT2D eigenvalue weighted by molar-refractivity contribution is 9.09. The normalized spacial score (nSPS) is 23.1. The number of amides is 1. The molecule has 0 aromatic carbocycles. The number of hydrogen-bond acceptors (Lipinski definition) is 3. The summed E-state index contributed by atoms with van der Waals surface area (Å²) in [7, 11) is 0. The monoisotopic (exact) mass is 331 g/mol. The van der Waals surface area contributed by atoms with Crippen LogP contribution in [0.3, 0.4) is 0 Å². The zero-order chi connectivity index (χ0) is 13.3. The molecule has 1 atom stereocenters. The fraction of sp³-hybridized carbons (Fsp3) is 0.615. The Labute approximate surface area is 120 Å². The Morgan fingerprint density at radius 3 is 2.89 bits per heavy atom. The van der Waals surface area contributed by atoms with Crippen molar-refractivity contribution in [2.45, 2.75) is 32.5 Å². The fourth-order valence-electron chi connectivity index (χ4n) is 2.28. The minimum Gasteiger partial charge on any atom is -0.368 e. The van der Waals surface area contributed by atoms with Gasteiger partial charge >= 0.3 is 0 Å². The van der Waals surface area contributed by atoms with E-state index in [2.05, 4.69) is 15.9 Å². The van der Waals surface area contributed by atoms with Crippen molar-refractivity contribution in [1.82, 2.24) is 4.90 Å². The van der Waals surface area contributed by atoms with Crippen molar-refractivity contribution < 1.29 is 9.53 Å². The van der Waals surface area contributed by atoms with E-state index in [1.807, 2.05) is 36.4 Å². The van der Waals surface area contributed by atoms with E-state index in [0.717, 1.165) is 16.5 Å². The summed E-state index contributed by atoms with van der Waals surface area (Å²) in [4.78, 5) is 14.4. The molecule has 1 fully saturated rings. The summed E-state index contributed by atoms with van der Waals surface area (Å²) in [6.07, 6.45) is 0.0663. The second-order valence-corrected chi connectivity index (χ2v) is 6.70. The van der Waals surface area contributed by atoms with Gasteiger partial charge in [0.25, 0.3) is 5.91 Å². The average Bonchev–Trinajstić information content (AvgIpc) is 2.72. The summed E-state index contributed by atoms with van der Waals surface area (Å²) in [5, 5.41) is 4.70. The van der Waals surface area contributed by atoms with Gasteiger partial charge in [-0.05, 0) is 31.7 Å². The van der Waals surface area contributed by atoms with Crippen LogP contribution in [0.15, 0.2) is 10.8 Å². The van der Waals surface area contributed by atoms with Gasteiger partial charge in [-0.2, -0.15) is 11.3 Å². The molecule has 5 heteroatoms. The molecular formula is C13H18BrNO2S. The lowest BCUT2D eigenvalue weighted by Gasteiger charge is -2.42. The zero-order valence-electron chi connectivity index (χ0n) is 10.9. The number of thiophene rings is 1. The summed E-state index contributed by atoms with van der Waals surface area (Å²) in [6, 6.07) is 0. The molecule has 0 bridgehead atoms. The number of aryl methyl sites for hydroxylation is 1. The van der Waals surface area contributed by atoms with Gasteiger partial charge in [-0.25, -0.2) is 0 Å². The molecule has 1 aromatic heterocycles. The SMILES string of the molecule is Cc1cscc1C(=O)N1CC(CBr)OC(C)(C)C1. The molecule has 1 unspecified atom stereocenters. The van der Waals surface area contributed by atoms with Crippen LogP contribution in [-0.4, -0.2) is 40.9 Å². The summed E-state index contributed by atoms with van der Waals surface area (Å²) in [6.45, 7) is 7.34. The second kappa shape index (κ2) is 5.31. The highest BCUT2D eigenvalue weighted by atomic mass is 79.9. The van der Waals surface area contributed by atoms with Crippen molar-refractivity contribution >= 4 is 33.2 Å². The number of carbonyl (C=O) groups excluding carboxylic acids is 1. The van der Waals surface area contributed by atoms with Gasteiger partial charge < -0.3 is 9.64 Å². The number of hydrogen-bond donors (Lipinski definition) is 0. The molecule has 1 aliphatic rings. The first kappa shape index (κ1) is 14.0. The molecule has 2 heterocycles. The summed E-state index contributed by atoms with van der Waals surface area (Å²) in [5.41, 5.74) is 1.60. The predicted molar refractivity (Wildman–Crippen MR) is 77.7 cm³/mol. The first-order chi connectivity index (χ1) is 8.43. The van der Waals surface area contributed by atoms with Crippen LogP contribution in [0, 0.1) is 6.92 Å². The van der Waals surface area contributed by atoms with Crippen molar-refractivity contribution in [2.24, 2.45) is 0 Å². The third kappa shape index (κ3) is 2.95. The van der Waals surface area contributed by atoms with E-state index in [4.69, 9.17) is 4.74 Å². The smallest absolute Gasteiger partial charge is 0.255 e. The Kier molecular flexibility index (Phi) is 4.14. The molecule has 2 rings (SSSR count). The highest BCUT2D eigenvalue weighted by Gasteiger charge is 2.35. The van der Waals surface area contributed by atoms with Gasteiger partial charge in [0.1, 0.15) is 0 Å². The lowest BCUT2D eigenvalue weighted by atomic mass is 10.0. The largest absolute Gasteiger partial charge is 0.368 e. The summed E-state index contributed by atoms with van der Waals surface area (Å²) >= 11 is 5.02. The van der Waals surface area contributed by atoms with Crippen molar-refractivity contribution in [3.63, 3.8) is 0 Å². The maximum Gasteiger partial charge on any atom is 0.255 e. The van der Waals surface area contributed by atoms with E-state index in [1.54, 1.807) is 11.3 Å². The number of halogens is 1. The van der Waals surface area contributed by atoms with E-state index in [0.29, 0.717) is 13.1 Å². The molecule has 1 amide bonds. The Morgan fingerprint density at radius 2 is 2.33 bits per heavy atom. The number of carbonyl (C=O) groups is 1. The molecule has 18 heavy (non-hydrogen) atoms. The predicted octanol–water partition coefficient (Wildman–Crippen LogP) is 3.07. The van der Waals surface area contributed by atoms with Crippen LogP contribution in [0.5, 0.6) is 0 Å². The quantitative estimate of drug-likeness (QED) is 0.779. The molecular weight excluding hydrogens is 314 g/mol. The van der Waals surface area contributed by atoms with Gasteiger partial charge in [-0.3, -0.25) is 4.79 Å². The van der Waals surface area contributed by atoms with E-state index < -0.39 is 0 Å². The number of rotatable bonds is 2. The minimum absolute atomic E-state index is 0.0663. The fourth-order valence-corrected chi connectivity index (χ4v) is 3.44. The summed E-state index contributed by atoms with van der Waals surface area (Å²) < 4.78 is 5.91. The second-order valence-electron chi connectivity index (χ2n) is 5.31. The molecule has 0 spiro atoms. The van der Waals surface area contributed by atoms with Crippen LogP contribution in [0.25, 0.3) is 0 Å². The number of nitrogens with zero attached hydrogens (tertiary/aromatic N) is 1. The first-order valence-electron chi connectivity index (χ1n) is 5.99. The lowest BCUT2D eigenvalue weighted by molar-refractivity contribution is -0.116. The van der Waals surface area contributed by atoms with Gasteiger partial charge in [-0.15, -0.1) is 0 Å². The summed E-state index contributed by atoms with van der Waals surface area (Å²) in [5.74, 6) is 0.121. The van der Waals surface area contributed by atoms with Gasteiger partial charge in [0, 0.05) is 23.8 Å². The van der Waals surface area contributed by atoms with E-state index >= 15 is 0 Å². The standard InChI is InChI=1S/C13H18BrNO2S/c1-9-6-18-7-11(9)12(16)15-5-10(4-14)17-13(2,3)8-15/h6-7,10H,4-5,8H2,1-3H3. The van der Waals surface area contributed by atoms with Gasteiger partial charge in [0.15, 0.2) is 0 Å². The average molecular weight is 332 g/mol. The van der Waals surface area contributed by atoms with Crippen LogP contribution in [0.2, 0.25) is 0 Å². The molecule has 100 valence electrons. The maximum absolute atomic E-state index is 12.5. The van der Waals surface area contributed by atoms with Crippen molar-refractivity contribution in [2.75, 3.05) is 18.4 Å². The van der Waals surface area contributed by atoms with Gasteiger partial charge in [-0.1, -0.05) is 15.9 Å². The molecule has 3 nitrogen and oxygen atoms in total. The Hall–Kier alpha value is -0.390. The van der Waals surface area contributed by atoms with Crippen LogP contribution >= 0.6 is 27.3 Å². The zero-order valence-corrected chi connectivity index (χ0v) is 13.3. The molecule has 1 aromatic rings. The third-order valence-corrected chi connectivity index (χ3v) is 4.61. The van der Waals surface area contributed by atoms with Crippen molar-refractivity contribution in [1.29, 1.82) is 0 Å². The topological polar surface area (TPSA) is 29.5 Å². The maximum atomic E-state index is 12.5. The Morgan fingerprint density at radius 1 is 1.61 bits per heavy atom. The molecule has 1 saturated heterocycles. The molecule has 0 aliphatic carbocycles. The highest BCUT2D eigenvalue weighted by Crippen LogP contribution is 2.25.